The minimum atomic E-state index is -1.35. The van der Waals surface area contributed by atoms with Crippen LogP contribution in [0.3, 0.4) is 0 Å². The Kier molecular flexibility index (Phi) is 6.04. The van der Waals surface area contributed by atoms with Gasteiger partial charge < -0.3 is 15.6 Å². The lowest BCUT2D eigenvalue weighted by Crippen LogP contribution is -2.34. The number of amides is 1. The van der Waals surface area contributed by atoms with E-state index in [4.69, 9.17) is 22.1 Å². The van der Waals surface area contributed by atoms with Crippen molar-refractivity contribution >= 4 is 33.6 Å². The molecule has 0 aliphatic rings. The maximum atomic E-state index is 11.0. The first kappa shape index (κ1) is 17.8. The molecule has 1 amide bonds. The Labute approximate surface area is 148 Å². The van der Waals surface area contributed by atoms with Crippen LogP contribution >= 0.6 is 27.5 Å². The second-order valence-electron chi connectivity index (χ2n) is 5.28. The zero-order valence-corrected chi connectivity index (χ0v) is 14.7. The smallest absolute Gasteiger partial charge is 0.404 e. The fraction of sp³-hybridized carbons (Fsp3) is 0.235. The van der Waals surface area contributed by atoms with Crippen LogP contribution in [-0.2, 0) is 16.8 Å². The lowest BCUT2D eigenvalue weighted by atomic mass is 9.88. The van der Waals surface area contributed by atoms with Gasteiger partial charge in [-0.25, -0.2) is 4.79 Å². The molecule has 0 radical (unpaired) electrons. The number of carbonyl (C=O) groups excluding carboxylic acids is 1. The minimum Gasteiger partial charge on any atom is -0.446 e. The summed E-state index contributed by atoms with van der Waals surface area (Å²) >= 11 is 9.39. The van der Waals surface area contributed by atoms with Gasteiger partial charge in [-0.05, 0) is 48.2 Å². The number of primary amides is 1. The molecule has 0 spiro atoms. The van der Waals surface area contributed by atoms with Crippen molar-refractivity contribution in [2.45, 2.75) is 18.4 Å². The van der Waals surface area contributed by atoms with Crippen LogP contribution in [0.4, 0.5) is 4.79 Å². The topological polar surface area (TPSA) is 72.6 Å². The van der Waals surface area contributed by atoms with Gasteiger partial charge >= 0.3 is 6.09 Å². The number of nitrogens with two attached hydrogens (primary N) is 1. The van der Waals surface area contributed by atoms with Crippen molar-refractivity contribution in [3.8, 4) is 0 Å². The quantitative estimate of drug-likeness (QED) is 0.772. The molecule has 0 aliphatic heterocycles. The van der Waals surface area contributed by atoms with E-state index < -0.39 is 11.7 Å². The summed E-state index contributed by atoms with van der Waals surface area (Å²) in [5.41, 5.74) is 5.32. The lowest BCUT2D eigenvalue weighted by Gasteiger charge is -2.28. The molecule has 0 saturated heterocycles. The third-order valence-corrected chi connectivity index (χ3v) is 4.32. The van der Waals surface area contributed by atoms with Gasteiger partial charge in [-0.15, -0.1) is 0 Å². The first-order chi connectivity index (χ1) is 10.9. The lowest BCUT2D eigenvalue weighted by molar-refractivity contribution is -0.0307. The van der Waals surface area contributed by atoms with Crippen LogP contribution in [0.25, 0.3) is 0 Å². The van der Waals surface area contributed by atoms with E-state index in [2.05, 4.69) is 15.9 Å². The highest BCUT2D eigenvalue weighted by Crippen LogP contribution is 2.29. The fourth-order valence-corrected chi connectivity index (χ4v) is 2.73. The van der Waals surface area contributed by atoms with Crippen LogP contribution in [0.1, 0.15) is 17.5 Å². The van der Waals surface area contributed by atoms with Gasteiger partial charge in [0.05, 0.1) is 0 Å². The molecule has 0 saturated carbocycles. The summed E-state index contributed by atoms with van der Waals surface area (Å²) in [6, 6.07) is 14.7. The van der Waals surface area contributed by atoms with Gasteiger partial charge in [-0.1, -0.05) is 51.8 Å². The SMILES string of the molecule is NC(=O)OC[C@@](O)(CCc1ccc(Br)cc1)c1cccc(Cl)c1. The molecule has 4 nitrogen and oxygen atoms in total. The summed E-state index contributed by atoms with van der Waals surface area (Å²) in [6.07, 6.45) is 0.0508. The Bertz CT molecular complexity index is 678. The van der Waals surface area contributed by atoms with Gasteiger partial charge in [-0.2, -0.15) is 0 Å². The van der Waals surface area contributed by atoms with Crippen LogP contribution in [0.2, 0.25) is 5.02 Å². The number of rotatable bonds is 6. The van der Waals surface area contributed by atoms with E-state index in [0.29, 0.717) is 23.4 Å². The molecule has 3 N–H and O–H groups in total. The summed E-state index contributed by atoms with van der Waals surface area (Å²) in [5.74, 6) is 0. The molecule has 6 heteroatoms. The van der Waals surface area contributed by atoms with E-state index in [1.54, 1.807) is 24.3 Å². The highest BCUT2D eigenvalue weighted by atomic mass is 79.9. The van der Waals surface area contributed by atoms with Crippen LogP contribution in [0, 0.1) is 0 Å². The molecule has 2 aromatic carbocycles. The third kappa shape index (κ3) is 5.23. The van der Waals surface area contributed by atoms with Gasteiger partial charge in [0.2, 0.25) is 0 Å². The Balaban J connectivity index is 2.18. The molecule has 0 unspecified atom stereocenters. The molecule has 2 aromatic rings. The molecule has 122 valence electrons. The zero-order chi connectivity index (χ0) is 16.9. The summed E-state index contributed by atoms with van der Waals surface area (Å²) < 4.78 is 5.84. The Morgan fingerprint density at radius 1 is 1.26 bits per heavy atom. The number of carbonyl (C=O) groups is 1. The predicted molar refractivity (Wildman–Crippen MR) is 93.3 cm³/mol. The number of aryl methyl sites for hydroxylation is 1. The summed E-state index contributed by atoms with van der Waals surface area (Å²) in [5, 5.41) is 11.5. The molecule has 0 fully saturated rings. The molecule has 0 bridgehead atoms. The van der Waals surface area contributed by atoms with Gasteiger partial charge in [0, 0.05) is 9.50 Å². The van der Waals surface area contributed by atoms with Crippen LogP contribution in [-0.4, -0.2) is 17.8 Å². The van der Waals surface area contributed by atoms with Crippen molar-refractivity contribution in [2.24, 2.45) is 5.73 Å². The summed E-state index contributed by atoms with van der Waals surface area (Å²) in [7, 11) is 0. The third-order valence-electron chi connectivity index (χ3n) is 3.56. The summed E-state index contributed by atoms with van der Waals surface area (Å²) in [4.78, 5) is 10.9. The Morgan fingerprint density at radius 2 is 1.96 bits per heavy atom. The van der Waals surface area contributed by atoms with Crippen molar-refractivity contribution in [3.05, 3.63) is 69.2 Å². The highest BCUT2D eigenvalue weighted by Gasteiger charge is 2.31. The number of halogens is 2. The van der Waals surface area contributed by atoms with Crippen LogP contribution < -0.4 is 5.73 Å². The maximum Gasteiger partial charge on any atom is 0.404 e. The van der Waals surface area contributed by atoms with Crippen molar-refractivity contribution < 1.29 is 14.6 Å². The number of ether oxygens (including phenoxy) is 1. The predicted octanol–water partition coefficient (Wildman–Crippen LogP) is 4.02. The van der Waals surface area contributed by atoms with E-state index in [9.17, 15) is 9.90 Å². The zero-order valence-electron chi connectivity index (χ0n) is 12.3. The molecule has 2 rings (SSSR count). The number of hydrogen-bond donors (Lipinski definition) is 2. The van der Waals surface area contributed by atoms with Gasteiger partial charge in [-0.3, -0.25) is 0 Å². The molecule has 1 atom stereocenters. The minimum absolute atomic E-state index is 0.223. The van der Waals surface area contributed by atoms with E-state index >= 15 is 0 Å². The number of hydrogen-bond acceptors (Lipinski definition) is 3. The van der Waals surface area contributed by atoms with Crippen LogP contribution in [0.5, 0.6) is 0 Å². The van der Waals surface area contributed by atoms with E-state index in [1.165, 1.54) is 0 Å². The molecular weight excluding hydrogens is 382 g/mol. The molecule has 23 heavy (non-hydrogen) atoms. The highest BCUT2D eigenvalue weighted by molar-refractivity contribution is 9.10. The second-order valence-corrected chi connectivity index (χ2v) is 6.63. The standard InChI is InChI=1S/C17H17BrClNO3/c18-14-6-4-12(5-7-14)8-9-17(22,11-23-16(20)21)13-2-1-3-15(19)10-13/h1-7,10,22H,8-9,11H2,(H2,20,21)/t17-/m0/s1. The Hall–Kier alpha value is -1.56. The van der Waals surface area contributed by atoms with Gasteiger partial charge in [0.15, 0.2) is 0 Å². The first-order valence-corrected chi connectivity index (χ1v) is 8.21. The van der Waals surface area contributed by atoms with Gasteiger partial charge in [0.1, 0.15) is 12.2 Å². The molecule has 0 heterocycles. The largest absolute Gasteiger partial charge is 0.446 e. The van der Waals surface area contributed by atoms with Crippen molar-refractivity contribution in [2.75, 3.05) is 6.61 Å². The molecule has 0 aliphatic carbocycles. The number of aliphatic hydroxyl groups is 1. The van der Waals surface area contributed by atoms with E-state index in [0.717, 1.165) is 10.0 Å². The van der Waals surface area contributed by atoms with Crippen molar-refractivity contribution in [1.29, 1.82) is 0 Å². The average molecular weight is 399 g/mol. The average Bonchev–Trinajstić information content (AvgIpc) is 2.52. The summed E-state index contributed by atoms with van der Waals surface area (Å²) in [6.45, 7) is -0.223. The van der Waals surface area contributed by atoms with Crippen molar-refractivity contribution in [3.63, 3.8) is 0 Å². The van der Waals surface area contributed by atoms with E-state index in [-0.39, 0.29) is 6.61 Å². The Morgan fingerprint density at radius 3 is 2.57 bits per heavy atom. The first-order valence-electron chi connectivity index (χ1n) is 7.04. The van der Waals surface area contributed by atoms with Gasteiger partial charge in [0.25, 0.3) is 0 Å². The molecular formula is C17H17BrClNO3. The van der Waals surface area contributed by atoms with Crippen molar-refractivity contribution in [1.82, 2.24) is 0 Å². The van der Waals surface area contributed by atoms with Crippen LogP contribution in [0.15, 0.2) is 53.0 Å². The molecule has 0 aromatic heterocycles. The normalized spacial score (nSPS) is 13.3. The fourth-order valence-electron chi connectivity index (χ4n) is 2.27. The maximum absolute atomic E-state index is 11.0. The number of benzene rings is 2. The second kappa shape index (κ2) is 7.81. The van der Waals surface area contributed by atoms with E-state index in [1.807, 2.05) is 24.3 Å². The monoisotopic (exact) mass is 397 g/mol.